The van der Waals surface area contributed by atoms with Gasteiger partial charge in [-0.1, -0.05) is 13.0 Å². The Morgan fingerprint density at radius 3 is 2.62 bits per heavy atom. The molecule has 0 saturated carbocycles. The molecule has 1 N–H and O–H groups in total. The minimum atomic E-state index is -4.56. The van der Waals surface area contributed by atoms with Gasteiger partial charge in [-0.2, -0.15) is 13.2 Å². The number of nitrogens with one attached hydrogen (secondary N) is 1. The maximum atomic E-state index is 13.9. The lowest BCUT2D eigenvalue weighted by molar-refractivity contribution is -0.141. The Hall–Kier alpha value is -0.990. The molecular weight excluding hydrogens is 372 g/mol. The zero-order valence-electron chi connectivity index (χ0n) is 10.9. The number of aromatic nitrogens is 1. The number of nitrogens with zero attached hydrogens (tertiary/aromatic N) is 1. The third kappa shape index (κ3) is 3.61. The smallest absolute Gasteiger partial charge is 0.312 e. The summed E-state index contributed by atoms with van der Waals surface area (Å²) in [5, 5.41) is 2.85. The molecule has 0 saturated heterocycles. The third-order valence-corrected chi connectivity index (χ3v) is 4.41. The van der Waals surface area contributed by atoms with Crippen molar-refractivity contribution in [1.29, 1.82) is 0 Å². The van der Waals surface area contributed by atoms with Crippen molar-refractivity contribution in [2.75, 3.05) is 6.54 Å². The summed E-state index contributed by atoms with van der Waals surface area (Å²) < 4.78 is 53.3. The van der Waals surface area contributed by atoms with Crippen LogP contribution >= 0.6 is 27.3 Å². The molecule has 1 aromatic carbocycles. The number of thiazole rings is 1. The van der Waals surface area contributed by atoms with Crippen molar-refractivity contribution in [1.82, 2.24) is 10.3 Å². The molecule has 2 nitrogen and oxygen atoms in total. The molecule has 0 radical (unpaired) electrons. The zero-order chi connectivity index (χ0) is 15.6. The van der Waals surface area contributed by atoms with Crippen LogP contribution in [0.4, 0.5) is 17.6 Å². The molecule has 0 atom stereocenters. The number of benzene rings is 1. The van der Waals surface area contributed by atoms with Gasteiger partial charge in [0.1, 0.15) is 10.8 Å². The van der Waals surface area contributed by atoms with Gasteiger partial charge in [0.2, 0.25) is 0 Å². The highest BCUT2D eigenvalue weighted by atomic mass is 79.9. The van der Waals surface area contributed by atoms with Crippen molar-refractivity contribution >= 4 is 27.3 Å². The molecule has 2 rings (SSSR count). The first-order chi connectivity index (χ1) is 9.84. The minimum absolute atomic E-state index is 0.0141. The van der Waals surface area contributed by atoms with Crippen LogP contribution in [0.1, 0.15) is 17.5 Å². The minimum Gasteiger partial charge on any atom is -0.312 e. The van der Waals surface area contributed by atoms with Crippen molar-refractivity contribution in [3.8, 4) is 10.6 Å². The van der Waals surface area contributed by atoms with Gasteiger partial charge in [0, 0.05) is 11.0 Å². The van der Waals surface area contributed by atoms with Gasteiger partial charge in [0.15, 0.2) is 5.69 Å². The summed E-state index contributed by atoms with van der Waals surface area (Å²) in [7, 11) is 0. The highest BCUT2D eigenvalue weighted by Crippen LogP contribution is 2.40. The Balaban J connectivity index is 2.53. The van der Waals surface area contributed by atoms with Crippen molar-refractivity contribution in [2.24, 2.45) is 0 Å². The maximum Gasteiger partial charge on any atom is 0.434 e. The van der Waals surface area contributed by atoms with Crippen LogP contribution in [0.25, 0.3) is 10.6 Å². The number of rotatable bonds is 4. The molecule has 1 heterocycles. The summed E-state index contributed by atoms with van der Waals surface area (Å²) in [5.74, 6) is -0.609. The van der Waals surface area contributed by atoms with Crippen LogP contribution in [0.2, 0.25) is 0 Å². The Labute approximate surface area is 131 Å². The fourth-order valence-corrected chi connectivity index (χ4v) is 3.51. The summed E-state index contributed by atoms with van der Waals surface area (Å²) in [4.78, 5) is 3.66. The van der Waals surface area contributed by atoms with E-state index in [4.69, 9.17) is 0 Å². The lowest BCUT2D eigenvalue weighted by Gasteiger charge is -2.05. The maximum absolute atomic E-state index is 13.9. The Bertz CT molecular complexity index is 619. The predicted octanol–water partition coefficient (Wildman–Crippen LogP) is 4.84. The lowest BCUT2D eigenvalue weighted by Crippen LogP contribution is -2.15. The second kappa shape index (κ2) is 6.41. The summed E-state index contributed by atoms with van der Waals surface area (Å²) >= 11 is 3.99. The van der Waals surface area contributed by atoms with Crippen LogP contribution in [0.15, 0.2) is 22.7 Å². The number of hydrogen-bond donors (Lipinski definition) is 1. The van der Waals surface area contributed by atoms with E-state index in [1.54, 1.807) is 13.0 Å². The van der Waals surface area contributed by atoms with E-state index in [9.17, 15) is 17.6 Å². The first-order valence-electron chi connectivity index (χ1n) is 6.06. The SMILES string of the molecule is CCNCc1sc(-c2c(F)cccc2Br)nc1C(F)(F)F. The quantitative estimate of drug-likeness (QED) is 0.765. The molecule has 0 unspecified atom stereocenters. The first kappa shape index (κ1) is 16.4. The van der Waals surface area contributed by atoms with E-state index in [1.807, 2.05) is 0 Å². The van der Waals surface area contributed by atoms with E-state index in [0.29, 0.717) is 11.0 Å². The third-order valence-electron chi connectivity index (χ3n) is 2.68. The van der Waals surface area contributed by atoms with Gasteiger partial charge in [-0.25, -0.2) is 9.37 Å². The molecule has 0 bridgehead atoms. The molecule has 8 heteroatoms. The van der Waals surface area contributed by atoms with Crippen LogP contribution in [0.5, 0.6) is 0 Å². The summed E-state index contributed by atoms with van der Waals surface area (Å²) in [6, 6.07) is 4.23. The van der Waals surface area contributed by atoms with Crippen LogP contribution in [-0.2, 0) is 12.7 Å². The van der Waals surface area contributed by atoms with Crippen molar-refractivity contribution < 1.29 is 17.6 Å². The standard InChI is InChI=1S/C13H11BrF4N2S/c1-2-19-6-9-11(13(16,17)18)20-12(21-9)10-7(14)4-3-5-8(10)15/h3-5,19H,2,6H2,1H3. The Morgan fingerprint density at radius 2 is 2.05 bits per heavy atom. The Morgan fingerprint density at radius 1 is 1.33 bits per heavy atom. The molecule has 21 heavy (non-hydrogen) atoms. The average Bonchev–Trinajstić information content (AvgIpc) is 2.80. The molecule has 114 valence electrons. The second-order valence-corrected chi connectivity index (χ2v) is 6.10. The molecule has 0 fully saturated rings. The molecule has 0 aliphatic heterocycles. The van der Waals surface area contributed by atoms with Crippen LogP contribution in [0, 0.1) is 5.82 Å². The highest BCUT2D eigenvalue weighted by Gasteiger charge is 2.37. The normalized spacial score (nSPS) is 11.9. The van der Waals surface area contributed by atoms with E-state index >= 15 is 0 Å². The monoisotopic (exact) mass is 382 g/mol. The van der Waals surface area contributed by atoms with Crippen LogP contribution in [-0.4, -0.2) is 11.5 Å². The number of halogens is 5. The van der Waals surface area contributed by atoms with Gasteiger partial charge >= 0.3 is 6.18 Å². The van der Waals surface area contributed by atoms with E-state index in [-0.39, 0.29) is 22.0 Å². The largest absolute Gasteiger partial charge is 0.434 e. The van der Waals surface area contributed by atoms with E-state index in [0.717, 1.165) is 11.3 Å². The Kier molecular flexibility index (Phi) is 5.00. The number of hydrogen-bond acceptors (Lipinski definition) is 3. The van der Waals surface area contributed by atoms with Crippen LogP contribution < -0.4 is 5.32 Å². The molecule has 0 aliphatic carbocycles. The zero-order valence-corrected chi connectivity index (χ0v) is 13.3. The topological polar surface area (TPSA) is 24.9 Å². The van der Waals surface area contributed by atoms with Gasteiger partial charge in [-0.15, -0.1) is 11.3 Å². The van der Waals surface area contributed by atoms with E-state index < -0.39 is 17.7 Å². The molecule has 0 aliphatic rings. The highest BCUT2D eigenvalue weighted by molar-refractivity contribution is 9.10. The summed E-state index contributed by atoms with van der Waals surface area (Å²) in [6.07, 6.45) is -4.56. The average molecular weight is 383 g/mol. The van der Waals surface area contributed by atoms with Gasteiger partial charge in [0.25, 0.3) is 0 Å². The van der Waals surface area contributed by atoms with Crippen LogP contribution in [0.3, 0.4) is 0 Å². The van der Waals surface area contributed by atoms with Crippen molar-refractivity contribution in [3.05, 3.63) is 39.1 Å². The molecule has 1 aromatic heterocycles. The predicted molar refractivity (Wildman–Crippen MR) is 77.6 cm³/mol. The van der Waals surface area contributed by atoms with Gasteiger partial charge < -0.3 is 5.32 Å². The van der Waals surface area contributed by atoms with Crippen molar-refractivity contribution in [3.63, 3.8) is 0 Å². The fraction of sp³-hybridized carbons (Fsp3) is 0.308. The molecule has 2 aromatic rings. The van der Waals surface area contributed by atoms with E-state index in [2.05, 4.69) is 26.2 Å². The van der Waals surface area contributed by atoms with Gasteiger partial charge in [0.05, 0.1) is 10.4 Å². The van der Waals surface area contributed by atoms with E-state index in [1.165, 1.54) is 12.1 Å². The second-order valence-electron chi connectivity index (χ2n) is 4.17. The molecule has 0 amide bonds. The van der Waals surface area contributed by atoms with Gasteiger partial charge in [-0.3, -0.25) is 0 Å². The number of alkyl halides is 3. The van der Waals surface area contributed by atoms with Crippen molar-refractivity contribution in [2.45, 2.75) is 19.6 Å². The fourth-order valence-electron chi connectivity index (χ4n) is 1.74. The lowest BCUT2D eigenvalue weighted by atomic mass is 10.2. The summed E-state index contributed by atoms with van der Waals surface area (Å²) in [5.41, 5.74) is -0.908. The molecular formula is C13H11BrF4N2S. The first-order valence-corrected chi connectivity index (χ1v) is 7.67. The summed E-state index contributed by atoms with van der Waals surface area (Å²) in [6.45, 7) is 2.38. The molecule has 0 spiro atoms. The van der Waals surface area contributed by atoms with Gasteiger partial charge in [-0.05, 0) is 34.6 Å².